The van der Waals surface area contributed by atoms with Gasteiger partial charge in [0.05, 0.1) is 22.7 Å². The van der Waals surface area contributed by atoms with Gasteiger partial charge in [-0.3, -0.25) is 19.6 Å². The highest BCUT2D eigenvalue weighted by Crippen LogP contribution is 2.29. The smallest absolute Gasteiger partial charge is 0.302 e. The molecule has 5 rings (SSSR count). The van der Waals surface area contributed by atoms with Gasteiger partial charge in [0.1, 0.15) is 11.6 Å². The molecule has 34 heavy (non-hydrogen) atoms. The maximum absolute atomic E-state index is 14.3. The number of aromatic nitrogens is 3. The monoisotopic (exact) mass is 459 g/mol. The molecule has 1 aliphatic rings. The molecule has 0 unspecified atom stereocenters. The van der Waals surface area contributed by atoms with Crippen molar-refractivity contribution in [3.8, 4) is 11.8 Å². The van der Waals surface area contributed by atoms with Gasteiger partial charge in [-0.15, -0.1) is 0 Å². The number of aromatic amines is 1. The summed E-state index contributed by atoms with van der Waals surface area (Å²) in [6.07, 6.45) is 5.24. The number of fused-ring (bicyclic) bond motifs is 1. The van der Waals surface area contributed by atoms with Gasteiger partial charge in [-0.1, -0.05) is 0 Å². The number of pyridine rings is 1. The molecule has 0 radical (unpaired) electrons. The van der Waals surface area contributed by atoms with Gasteiger partial charge in [0.2, 0.25) is 0 Å². The summed E-state index contributed by atoms with van der Waals surface area (Å²) < 4.78 is 20.0. The quantitative estimate of drug-likeness (QED) is 0.431. The maximum atomic E-state index is 14.3. The van der Waals surface area contributed by atoms with E-state index in [0.717, 1.165) is 18.5 Å². The zero-order chi connectivity index (χ0) is 23.7. The molecule has 1 aliphatic carbocycles. The van der Waals surface area contributed by atoms with E-state index in [2.05, 4.69) is 20.3 Å². The molecule has 2 heterocycles. The molecular formula is C25H22FN5O3. The number of ether oxygens (including phenoxy) is 1. The van der Waals surface area contributed by atoms with Crippen molar-refractivity contribution in [1.29, 1.82) is 0 Å². The average molecular weight is 459 g/mol. The molecule has 4 aromatic rings. The molecule has 2 aromatic heterocycles. The van der Waals surface area contributed by atoms with E-state index >= 15 is 0 Å². The third-order valence-corrected chi connectivity index (χ3v) is 5.76. The molecule has 0 spiro atoms. The molecule has 0 saturated heterocycles. The zero-order valence-electron chi connectivity index (χ0n) is 18.4. The van der Waals surface area contributed by atoms with Crippen molar-refractivity contribution in [2.24, 2.45) is 5.92 Å². The summed E-state index contributed by atoms with van der Waals surface area (Å²) in [4.78, 5) is 37.3. The van der Waals surface area contributed by atoms with Crippen LogP contribution in [0.2, 0.25) is 0 Å². The Hall–Kier alpha value is -4.27. The average Bonchev–Trinajstić information content (AvgIpc) is 3.68. The number of H-pyrrole nitrogens is 1. The van der Waals surface area contributed by atoms with Crippen LogP contribution in [-0.2, 0) is 0 Å². The number of amides is 1. The lowest BCUT2D eigenvalue weighted by Gasteiger charge is -2.20. The Balaban J connectivity index is 1.32. The summed E-state index contributed by atoms with van der Waals surface area (Å²) in [6, 6.07) is 13.2. The minimum absolute atomic E-state index is 0.0192. The maximum Gasteiger partial charge on any atom is 0.302 e. The van der Waals surface area contributed by atoms with Crippen molar-refractivity contribution in [1.82, 2.24) is 20.3 Å². The first-order chi connectivity index (χ1) is 16.5. The van der Waals surface area contributed by atoms with Crippen LogP contribution < -0.4 is 20.5 Å². The second-order valence-electron chi connectivity index (χ2n) is 8.24. The molecule has 2 aromatic carbocycles. The predicted molar refractivity (Wildman–Crippen MR) is 126 cm³/mol. The van der Waals surface area contributed by atoms with Crippen molar-refractivity contribution in [3.05, 3.63) is 82.7 Å². The molecule has 0 bridgehead atoms. The van der Waals surface area contributed by atoms with Crippen LogP contribution in [-0.4, -0.2) is 34.5 Å². The van der Waals surface area contributed by atoms with Crippen molar-refractivity contribution in [3.63, 3.8) is 0 Å². The molecular weight excluding hydrogens is 437 g/mol. The number of nitrogens with one attached hydrogen (secondary N) is 2. The van der Waals surface area contributed by atoms with Gasteiger partial charge in [-0.25, -0.2) is 4.39 Å². The van der Waals surface area contributed by atoms with E-state index in [1.807, 2.05) is 24.1 Å². The highest BCUT2D eigenvalue weighted by atomic mass is 19.1. The summed E-state index contributed by atoms with van der Waals surface area (Å²) in [5.41, 5.74) is 1.61. The molecule has 1 amide bonds. The molecule has 8 nitrogen and oxygen atoms in total. The summed E-state index contributed by atoms with van der Waals surface area (Å²) in [7, 11) is 1.82. The van der Waals surface area contributed by atoms with Crippen molar-refractivity contribution >= 4 is 28.2 Å². The Morgan fingerprint density at radius 2 is 1.94 bits per heavy atom. The predicted octanol–water partition coefficient (Wildman–Crippen LogP) is 4.16. The van der Waals surface area contributed by atoms with E-state index in [9.17, 15) is 14.0 Å². The summed E-state index contributed by atoms with van der Waals surface area (Å²) in [6.45, 7) is 0.577. The second kappa shape index (κ2) is 8.93. The van der Waals surface area contributed by atoms with Gasteiger partial charge < -0.3 is 15.0 Å². The van der Waals surface area contributed by atoms with E-state index in [1.54, 1.807) is 30.3 Å². The van der Waals surface area contributed by atoms with Gasteiger partial charge in [0.25, 0.3) is 11.5 Å². The SMILES string of the molecule is CN(c1ccc(Oc2nc3cnccc3c(=O)[nH]2)cc1)c1ccc(F)c(C(=O)NCC2CC2)c1. The molecule has 0 atom stereocenters. The normalized spacial score (nSPS) is 13.0. The Morgan fingerprint density at radius 3 is 2.71 bits per heavy atom. The van der Waals surface area contributed by atoms with Crippen LogP contribution in [0.15, 0.2) is 65.7 Å². The fourth-order valence-corrected chi connectivity index (χ4v) is 3.57. The van der Waals surface area contributed by atoms with Gasteiger partial charge in [-0.2, -0.15) is 4.98 Å². The van der Waals surface area contributed by atoms with Gasteiger partial charge in [0, 0.05) is 31.2 Å². The first-order valence-electron chi connectivity index (χ1n) is 10.9. The lowest BCUT2D eigenvalue weighted by Crippen LogP contribution is -2.26. The van der Waals surface area contributed by atoms with E-state index < -0.39 is 11.7 Å². The van der Waals surface area contributed by atoms with Crippen LogP contribution in [0.5, 0.6) is 11.8 Å². The molecule has 1 saturated carbocycles. The van der Waals surface area contributed by atoms with Gasteiger partial charge in [-0.05, 0) is 67.3 Å². The number of rotatable bonds is 7. The lowest BCUT2D eigenvalue weighted by molar-refractivity contribution is 0.0948. The van der Waals surface area contributed by atoms with Gasteiger partial charge >= 0.3 is 6.01 Å². The van der Waals surface area contributed by atoms with E-state index in [0.29, 0.717) is 34.8 Å². The summed E-state index contributed by atoms with van der Waals surface area (Å²) in [5, 5.41) is 3.23. The summed E-state index contributed by atoms with van der Waals surface area (Å²) in [5.74, 6) is 0.0254. The number of hydrogen-bond acceptors (Lipinski definition) is 6. The standard InChI is InChI=1S/C25H22FN5O3/c1-31(17-6-9-21(26)20(12-17)23(32)28-13-15-2-3-15)16-4-7-18(8-5-16)34-25-29-22-14-27-11-10-19(22)24(33)30-25/h4-12,14-15H,2-3,13H2,1H3,(H,28,32)(H,29,30,33). The number of benzene rings is 2. The zero-order valence-corrected chi connectivity index (χ0v) is 18.4. The Bertz CT molecular complexity index is 1420. The third-order valence-electron chi connectivity index (χ3n) is 5.76. The number of carbonyl (C=O) groups excluding carboxylic acids is 1. The highest BCUT2D eigenvalue weighted by molar-refractivity contribution is 5.95. The summed E-state index contributed by atoms with van der Waals surface area (Å²) >= 11 is 0. The van der Waals surface area contributed by atoms with Gasteiger partial charge in [0.15, 0.2) is 0 Å². The Kier molecular flexibility index (Phi) is 5.67. The van der Waals surface area contributed by atoms with Crippen molar-refractivity contribution < 1.29 is 13.9 Å². The topological polar surface area (TPSA) is 100 Å². The van der Waals surface area contributed by atoms with Crippen LogP contribution in [0, 0.1) is 11.7 Å². The van der Waals surface area contributed by atoms with Crippen LogP contribution >= 0.6 is 0 Å². The lowest BCUT2D eigenvalue weighted by atomic mass is 10.1. The second-order valence-corrected chi connectivity index (χ2v) is 8.24. The number of anilines is 2. The number of hydrogen-bond donors (Lipinski definition) is 2. The molecule has 1 fully saturated rings. The van der Waals surface area contributed by atoms with Crippen LogP contribution in [0.4, 0.5) is 15.8 Å². The van der Waals surface area contributed by atoms with Crippen LogP contribution in [0.1, 0.15) is 23.2 Å². The number of nitrogens with zero attached hydrogens (tertiary/aromatic N) is 3. The first kappa shape index (κ1) is 21.6. The van der Waals surface area contributed by atoms with Crippen molar-refractivity contribution in [2.45, 2.75) is 12.8 Å². The first-order valence-corrected chi connectivity index (χ1v) is 10.9. The molecule has 9 heteroatoms. The minimum Gasteiger partial charge on any atom is -0.426 e. The van der Waals surface area contributed by atoms with E-state index in [4.69, 9.17) is 4.74 Å². The van der Waals surface area contributed by atoms with Crippen LogP contribution in [0.3, 0.4) is 0 Å². The largest absolute Gasteiger partial charge is 0.426 e. The third kappa shape index (κ3) is 4.59. The Morgan fingerprint density at radius 1 is 1.18 bits per heavy atom. The molecule has 0 aliphatic heterocycles. The van der Waals surface area contributed by atoms with E-state index in [-0.39, 0.29) is 17.1 Å². The fraction of sp³-hybridized carbons (Fsp3) is 0.200. The van der Waals surface area contributed by atoms with Crippen LogP contribution in [0.25, 0.3) is 10.9 Å². The number of carbonyl (C=O) groups is 1. The minimum atomic E-state index is -0.554. The molecule has 2 N–H and O–H groups in total. The van der Waals surface area contributed by atoms with Crippen molar-refractivity contribution in [2.75, 3.05) is 18.5 Å². The Labute approximate surface area is 194 Å². The number of halogens is 1. The highest BCUT2D eigenvalue weighted by Gasteiger charge is 2.23. The van der Waals surface area contributed by atoms with E-state index in [1.165, 1.54) is 18.5 Å². The molecule has 172 valence electrons. The fourth-order valence-electron chi connectivity index (χ4n) is 3.57.